The first-order valence-electron chi connectivity index (χ1n) is 9.99. The molecule has 0 spiro atoms. The van der Waals surface area contributed by atoms with Crippen LogP contribution in [0.15, 0.2) is 54.3 Å². The van der Waals surface area contributed by atoms with Gasteiger partial charge in [0.25, 0.3) is 0 Å². The second-order valence-corrected chi connectivity index (χ2v) is 6.96. The number of unbranched alkanes of at least 4 members (excludes halogenated alkanes) is 2. The number of carboxylic acid groups (broad SMARTS) is 1. The number of hydrogen-bond donors (Lipinski definition) is 1. The van der Waals surface area contributed by atoms with Crippen LogP contribution in [0, 0.1) is 0 Å². The third-order valence-corrected chi connectivity index (χ3v) is 4.67. The molecule has 0 bridgehead atoms. The third-order valence-electron chi connectivity index (χ3n) is 4.67. The highest BCUT2D eigenvalue weighted by Gasteiger charge is 2.07. The van der Waals surface area contributed by atoms with Crippen LogP contribution in [0.1, 0.15) is 45.1 Å². The first-order chi connectivity index (χ1) is 13.1. The topological polar surface area (TPSA) is 43.8 Å². The van der Waals surface area contributed by atoms with Gasteiger partial charge in [-0.15, -0.1) is 0 Å². The van der Waals surface area contributed by atoms with Crippen molar-refractivity contribution in [3.63, 3.8) is 0 Å². The van der Waals surface area contributed by atoms with Crippen molar-refractivity contribution in [3.05, 3.63) is 59.8 Å². The van der Waals surface area contributed by atoms with Gasteiger partial charge < -0.3 is 14.9 Å². The zero-order valence-corrected chi connectivity index (χ0v) is 16.6. The maximum absolute atomic E-state index is 10.7. The predicted octanol–water partition coefficient (Wildman–Crippen LogP) is 4.95. The first-order valence-corrected chi connectivity index (χ1v) is 9.99. The smallest absolute Gasteiger partial charge is 0.323 e. The van der Waals surface area contributed by atoms with Gasteiger partial charge in [0.1, 0.15) is 6.54 Å². The van der Waals surface area contributed by atoms with E-state index in [1.165, 1.54) is 36.9 Å². The Bertz CT molecular complexity index is 666. The number of nitrogens with zero attached hydrogens (tertiary/aromatic N) is 2. The fraction of sp³-hybridized carbons (Fsp3) is 0.435. The molecule has 0 saturated heterocycles. The van der Waals surface area contributed by atoms with Crippen LogP contribution in [0.2, 0.25) is 0 Å². The lowest BCUT2D eigenvalue weighted by Crippen LogP contribution is -2.26. The Kier molecular flexibility index (Phi) is 8.69. The molecule has 1 aromatic carbocycles. The molecule has 2 rings (SSSR count). The molecule has 0 aliphatic carbocycles. The van der Waals surface area contributed by atoms with Gasteiger partial charge >= 0.3 is 5.97 Å². The second kappa shape index (κ2) is 11.3. The van der Waals surface area contributed by atoms with Crippen molar-refractivity contribution in [1.82, 2.24) is 4.90 Å². The lowest BCUT2D eigenvalue weighted by Gasteiger charge is -2.24. The summed E-state index contributed by atoms with van der Waals surface area (Å²) in [7, 11) is 0. The minimum atomic E-state index is -0.806. The van der Waals surface area contributed by atoms with Crippen LogP contribution in [-0.4, -0.2) is 42.2 Å². The van der Waals surface area contributed by atoms with Gasteiger partial charge in [-0.25, -0.2) is 0 Å². The van der Waals surface area contributed by atoms with E-state index >= 15 is 0 Å². The van der Waals surface area contributed by atoms with E-state index in [0.717, 1.165) is 18.7 Å². The summed E-state index contributed by atoms with van der Waals surface area (Å²) in [5, 5.41) is 8.83. The van der Waals surface area contributed by atoms with Gasteiger partial charge in [-0.1, -0.05) is 57.0 Å². The number of hydrogen-bond acceptors (Lipinski definition) is 3. The van der Waals surface area contributed by atoms with Gasteiger partial charge in [0, 0.05) is 31.5 Å². The molecule has 1 aromatic rings. The van der Waals surface area contributed by atoms with Crippen LogP contribution in [0.3, 0.4) is 0 Å². The Morgan fingerprint density at radius 1 is 1.11 bits per heavy atom. The summed E-state index contributed by atoms with van der Waals surface area (Å²) >= 11 is 0. The maximum Gasteiger partial charge on any atom is 0.323 e. The molecule has 0 radical (unpaired) electrons. The van der Waals surface area contributed by atoms with E-state index in [4.69, 9.17) is 5.11 Å². The average Bonchev–Trinajstić information content (AvgIpc) is 2.68. The van der Waals surface area contributed by atoms with E-state index in [-0.39, 0.29) is 6.54 Å². The molecule has 146 valence electrons. The summed E-state index contributed by atoms with van der Waals surface area (Å²) < 4.78 is 0. The van der Waals surface area contributed by atoms with Gasteiger partial charge in [-0.2, -0.15) is 0 Å². The monoisotopic (exact) mass is 368 g/mol. The number of aliphatic carboxylic acids is 1. The van der Waals surface area contributed by atoms with E-state index in [1.807, 2.05) is 18.4 Å². The van der Waals surface area contributed by atoms with Crippen LogP contribution in [0.4, 0.5) is 5.69 Å². The predicted molar refractivity (Wildman–Crippen MR) is 114 cm³/mol. The third kappa shape index (κ3) is 7.33. The average molecular weight is 369 g/mol. The van der Waals surface area contributed by atoms with Crippen LogP contribution < -0.4 is 4.90 Å². The molecule has 27 heavy (non-hydrogen) atoms. The van der Waals surface area contributed by atoms with Gasteiger partial charge in [-0.3, -0.25) is 4.79 Å². The molecule has 0 aromatic heterocycles. The SMILES string of the molecule is CCCCN(CCCC)c1ccc(C=CC2=CCN(CC(=O)O)C=C2)cc1. The minimum absolute atomic E-state index is 0.0397. The number of anilines is 1. The number of carbonyl (C=O) groups is 1. The van der Waals surface area contributed by atoms with Crippen molar-refractivity contribution in [2.75, 3.05) is 31.1 Å². The summed E-state index contributed by atoms with van der Waals surface area (Å²) in [5.74, 6) is -0.806. The number of rotatable bonds is 11. The van der Waals surface area contributed by atoms with Crippen LogP contribution in [0.25, 0.3) is 6.08 Å². The van der Waals surface area contributed by atoms with Crippen molar-refractivity contribution in [2.24, 2.45) is 0 Å². The second-order valence-electron chi connectivity index (χ2n) is 6.96. The molecule has 1 aliphatic heterocycles. The molecule has 0 fully saturated rings. The van der Waals surface area contributed by atoms with Crippen molar-refractivity contribution < 1.29 is 9.90 Å². The van der Waals surface area contributed by atoms with E-state index in [0.29, 0.717) is 6.54 Å². The fourth-order valence-electron chi connectivity index (χ4n) is 3.01. The number of benzene rings is 1. The maximum atomic E-state index is 10.7. The Labute approximate surface area is 163 Å². The molecule has 1 heterocycles. The van der Waals surface area contributed by atoms with Crippen molar-refractivity contribution >= 4 is 17.7 Å². The Morgan fingerprint density at radius 2 is 1.78 bits per heavy atom. The lowest BCUT2D eigenvalue weighted by atomic mass is 10.1. The minimum Gasteiger partial charge on any atom is -0.480 e. The molecule has 1 aliphatic rings. The van der Waals surface area contributed by atoms with Gasteiger partial charge in [0.15, 0.2) is 0 Å². The Balaban J connectivity index is 1.94. The van der Waals surface area contributed by atoms with E-state index in [1.54, 1.807) is 4.90 Å². The summed E-state index contributed by atoms with van der Waals surface area (Å²) in [6, 6.07) is 8.76. The highest BCUT2D eigenvalue weighted by Crippen LogP contribution is 2.18. The van der Waals surface area contributed by atoms with Gasteiger partial charge in [0.2, 0.25) is 0 Å². The number of carboxylic acids is 1. The van der Waals surface area contributed by atoms with Crippen molar-refractivity contribution in [1.29, 1.82) is 0 Å². The molecular weight excluding hydrogens is 336 g/mol. The van der Waals surface area contributed by atoms with Crippen molar-refractivity contribution in [3.8, 4) is 0 Å². The largest absolute Gasteiger partial charge is 0.480 e. The molecule has 0 amide bonds. The van der Waals surface area contributed by atoms with Crippen LogP contribution in [-0.2, 0) is 4.79 Å². The zero-order valence-electron chi connectivity index (χ0n) is 16.6. The highest BCUT2D eigenvalue weighted by molar-refractivity contribution is 5.69. The molecule has 0 unspecified atom stereocenters. The molecule has 1 N–H and O–H groups in total. The molecule has 4 nitrogen and oxygen atoms in total. The molecule has 0 atom stereocenters. The van der Waals surface area contributed by atoms with E-state index < -0.39 is 5.97 Å². The molecule has 0 saturated carbocycles. The van der Waals surface area contributed by atoms with Crippen LogP contribution >= 0.6 is 0 Å². The first kappa shape index (κ1) is 20.8. The van der Waals surface area contributed by atoms with Gasteiger partial charge in [-0.05, 0) is 42.2 Å². The lowest BCUT2D eigenvalue weighted by molar-refractivity contribution is -0.137. The van der Waals surface area contributed by atoms with Crippen LogP contribution in [0.5, 0.6) is 0 Å². The fourth-order valence-corrected chi connectivity index (χ4v) is 3.01. The summed E-state index contributed by atoms with van der Waals surface area (Å²) in [6.07, 6.45) is 14.9. The Morgan fingerprint density at radius 3 is 2.30 bits per heavy atom. The number of allylic oxidation sites excluding steroid dienone is 3. The standard InChI is InChI=1S/C23H32N2O2/c1-3-5-15-25(16-6-4-2)22-11-9-20(10-12-22)7-8-21-13-17-24(18-14-21)19-23(26)27/h7-14,17H,3-6,15-16,18-19H2,1-2H3,(H,26,27). The molecular formula is C23H32N2O2. The normalized spacial score (nSPS) is 13.9. The quantitative estimate of drug-likeness (QED) is 0.600. The van der Waals surface area contributed by atoms with E-state index in [2.05, 4.69) is 55.2 Å². The zero-order chi connectivity index (χ0) is 19.5. The Hall–Kier alpha value is -2.49. The summed E-state index contributed by atoms with van der Waals surface area (Å²) in [4.78, 5) is 15.0. The summed E-state index contributed by atoms with van der Waals surface area (Å²) in [5.41, 5.74) is 3.58. The molecule has 4 heteroatoms. The van der Waals surface area contributed by atoms with Crippen molar-refractivity contribution in [2.45, 2.75) is 39.5 Å². The van der Waals surface area contributed by atoms with E-state index in [9.17, 15) is 4.79 Å². The highest BCUT2D eigenvalue weighted by atomic mass is 16.4. The summed E-state index contributed by atoms with van der Waals surface area (Å²) in [6.45, 7) is 7.39. The van der Waals surface area contributed by atoms with Gasteiger partial charge in [0.05, 0.1) is 0 Å².